The summed E-state index contributed by atoms with van der Waals surface area (Å²) < 4.78 is 5.38. The minimum Gasteiger partial charge on any atom is -0.507 e. The minimum absolute atomic E-state index is 0.0863. The molecule has 0 fully saturated rings. The average Bonchev–Trinajstić information content (AvgIpc) is 2.36. The molecule has 0 atom stereocenters. The van der Waals surface area contributed by atoms with Crippen molar-refractivity contribution in [1.29, 1.82) is 0 Å². The van der Waals surface area contributed by atoms with Crippen molar-refractivity contribution in [3.05, 3.63) is 36.0 Å². The summed E-state index contributed by atoms with van der Waals surface area (Å²) in [7, 11) is 3.63. The lowest BCUT2D eigenvalue weighted by atomic mass is 10.1. The molecule has 1 aromatic rings. The number of carbonyl (C=O) groups excluding carboxylic acids is 1. The van der Waals surface area contributed by atoms with Crippen LogP contribution in [0.15, 0.2) is 30.5 Å². The first-order valence-corrected chi connectivity index (χ1v) is 6.48. The molecule has 1 aromatic carbocycles. The van der Waals surface area contributed by atoms with Gasteiger partial charge in [-0.25, -0.2) is 0 Å². The Balaban J connectivity index is 2.74. The molecule has 0 heterocycles. The van der Waals surface area contributed by atoms with Gasteiger partial charge in [0.1, 0.15) is 11.5 Å². The Kier molecular flexibility index (Phi) is 6.22. The van der Waals surface area contributed by atoms with Gasteiger partial charge >= 0.3 is 0 Å². The first kappa shape index (κ1) is 15.4. The second-order valence-electron chi connectivity index (χ2n) is 4.21. The zero-order valence-corrected chi connectivity index (χ0v) is 11.9. The number of phenolic OH excluding ortho intramolecular Hbond substituents is 1. The molecular formula is C14H18ClNO3. The van der Waals surface area contributed by atoms with Crippen LogP contribution in [-0.2, 0) is 0 Å². The lowest BCUT2D eigenvalue weighted by Crippen LogP contribution is -2.03. The highest BCUT2D eigenvalue weighted by Gasteiger charge is 2.09. The topological polar surface area (TPSA) is 49.8 Å². The first-order chi connectivity index (χ1) is 9.04. The molecule has 0 unspecified atom stereocenters. The third-order valence-corrected chi connectivity index (χ3v) is 2.57. The molecule has 0 aliphatic heterocycles. The van der Waals surface area contributed by atoms with Crippen molar-refractivity contribution in [2.75, 3.05) is 26.6 Å². The van der Waals surface area contributed by atoms with Gasteiger partial charge in [-0.05, 0) is 18.6 Å². The summed E-state index contributed by atoms with van der Waals surface area (Å²) in [6, 6.07) is 4.64. The van der Waals surface area contributed by atoms with Crippen molar-refractivity contribution >= 4 is 17.4 Å². The number of allylic oxidation sites excluding steroid dienone is 1. The Labute approximate surface area is 118 Å². The third-order valence-electron chi connectivity index (χ3n) is 2.31. The van der Waals surface area contributed by atoms with Gasteiger partial charge in [0.05, 0.1) is 12.2 Å². The Hall–Kier alpha value is -1.68. The van der Waals surface area contributed by atoms with Gasteiger partial charge in [-0.2, -0.15) is 0 Å². The van der Waals surface area contributed by atoms with Crippen molar-refractivity contribution in [3.8, 4) is 11.5 Å². The number of carbonyl (C=O) groups is 1. The molecule has 0 spiro atoms. The van der Waals surface area contributed by atoms with Gasteiger partial charge in [0.15, 0.2) is 5.78 Å². The highest BCUT2D eigenvalue weighted by Crippen LogP contribution is 2.24. The monoisotopic (exact) mass is 283 g/mol. The summed E-state index contributed by atoms with van der Waals surface area (Å²) in [4.78, 5) is 13.6. The molecule has 0 radical (unpaired) electrons. The van der Waals surface area contributed by atoms with E-state index in [0.717, 1.165) is 6.42 Å². The van der Waals surface area contributed by atoms with Gasteiger partial charge in [0.2, 0.25) is 0 Å². The SMILES string of the molecule is CN(C)C=CC(=O)c1ccc(OCCCCl)cc1O. The van der Waals surface area contributed by atoms with E-state index in [9.17, 15) is 9.90 Å². The van der Waals surface area contributed by atoms with E-state index in [1.54, 1.807) is 23.2 Å². The van der Waals surface area contributed by atoms with Crippen molar-refractivity contribution in [2.45, 2.75) is 6.42 Å². The van der Waals surface area contributed by atoms with E-state index in [1.807, 2.05) is 14.1 Å². The van der Waals surface area contributed by atoms with Crippen LogP contribution in [-0.4, -0.2) is 42.4 Å². The summed E-state index contributed by atoms with van der Waals surface area (Å²) in [5.41, 5.74) is 0.253. The number of rotatable bonds is 7. The van der Waals surface area contributed by atoms with Crippen LogP contribution in [0.4, 0.5) is 0 Å². The smallest absolute Gasteiger partial charge is 0.190 e. The maximum absolute atomic E-state index is 11.8. The van der Waals surface area contributed by atoms with Gasteiger partial charge in [-0.1, -0.05) is 0 Å². The van der Waals surface area contributed by atoms with E-state index < -0.39 is 0 Å². The molecule has 0 bridgehead atoms. The molecule has 0 aromatic heterocycles. The number of phenols is 1. The predicted octanol–water partition coefficient (Wildman–Crippen LogP) is 2.66. The minimum atomic E-state index is -0.251. The molecule has 1 rings (SSSR count). The van der Waals surface area contributed by atoms with Crippen LogP contribution in [0.3, 0.4) is 0 Å². The molecule has 0 aliphatic carbocycles. The number of halogens is 1. The van der Waals surface area contributed by atoms with Gasteiger partial charge < -0.3 is 14.7 Å². The molecule has 0 amide bonds. The molecule has 104 valence electrons. The fourth-order valence-electron chi connectivity index (χ4n) is 1.36. The number of aromatic hydroxyl groups is 1. The van der Waals surface area contributed by atoms with Crippen LogP contribution >= 0.6 is 11.6 Å². The fraction of sp³-hybridized carbons (Fsp3) is 0.357. The molecule has 5 heteroatoms. The average molecular weight is 284 g/mol. The largest absolute Gasteiger partial charge is 0.507 e. The maximum atomic E-state index is 11.8. The van der Waals surface area contributed by atoms with Crippen LogP contribution in [0.25, 0.3) is 0 Å². The molecule has 0 aliphatic rings. The number of benzene rings is 1. The zero-order chi connectivity index (χ0) is 14.3. The molecule has 0 saturated heterocycles. The van der Waals surface area contributed by atoms with E-state index in [1.165, 1.54) is 12.1 Å². The summed E-state index contributed by atoms with van der Waals surface area (Å²) in [6.07, 6.45) is 3.77. The van der Waals surface area contributed by atoms with Crippen molar-refractivity contribution in [1.82, 2.24) is 4.90 Å². The lowest BCUT2D eigenvalue weighted by molar-refractivity contribution is 0.104. The number of alkyl halides is 1. The number of ketones is 1. The lowest BCUT2D eigenvalue weighted by Gasteiger charge is -2.08. The second-order valence-corrected chi connectivity index (χ2v) is 4.59. The Bertz CT molecular complexity index is 458. The van der Waals surface area contributed by atoms with Gasteiger partial charge in [-0.3, -0.25) is 4.79 Å². The molecule has 19 heavy (non-hydrogen) atoms. The van der Waals surface area contributed by atoms with E-state index in [0.29, 0.717) is 18.2 Å². The number of nitrogens with zero attached hydrogens (tertiary/aromatic N) is 1. The van der Waals surface area contributed by atoms with Crippen LogP contribution in [0.5, 0.6) is 11.5 Å². The predicted molar refractivity (Wildman–Crippen MR) is 76.1 cm³/mol. The summed E-state index contributed by atoms with van der Waals surface area (Å²) in [5.74, 6) is 0.712. The molecule has 1 N–H and O–H groups in total. The van der Waals surface area contributed by atoms with Gasteiger partial charge in [-0.15, -0.1) is 11.6 Å². The summed E-state index contributed by atoms with van der Waals surface area (Å²) in [5, 5.41) is 9.81. The maximum Gasteiger partial charge on any atom is 0.190 e. The Morgan fingerprint density at radius 1 is 1.47 bits per heavy atom. The van der Waals surface area contributed by atoms with Crippen molar-refractivity contribution in [2.24, 2.45) is 0 Å². The van der Waals surface area contributed by atoms with E-state index in [2.05, 4.69) is 0 Å². The quantitative estimate of drug-likeness (QED) is 0.362. The normalized spacial score (nSPS) is 10.7. The second kappa shape index (κ2) is 7.69. The van der Waals surface area contributed by atoms with Crippen LogP contribution in [0.1, 0.15) is 16.8 Å². The highest BCUT2D eigenvalue weighted by atomic mass is 35.5. The van der Waals surface area contributed by atoms with E-state index >= 15 is 0 Å². The third kappa shape index (κ3) is 5.22. The standard InChI is InChI=1S/C14H18ClNO3/c1-16(2)8-6-13(17)12-5-4-11(10-14(12)18)19-9-3-7-15/h4-6,8,10,18H,3,7,9H2,1-2H3. The summed E-state index contributed by atoms with van der Waals surface area (Å²) >= 11 is 5.54. The zero-order valence-electron chi connectivity index (χ0n) is 11.1. The molecule has 0 saturated carbocycles. The Morgan fingerprint density at radius 2 is 2.21 bits per heavy atom. The van der Waals surface area contributed by atoms with Gasteiger partial charge in [0, 0.05) is 38.3 Å². The van der Waals surface area contributed by atoms with E-state index in [4.69, 9.17) is 16.3 Å². The van der Waals surface area contributed by atoms with Crippen molar-refractivity contribution in [3.63, 3.8) is 0 Å². The van der Waals surface area contributed by atoms with E-state index in [-0.39, 0.29) is 17.1 Å². The van der Waals surface area contributed by atoms with Crippen LogP contribution in [0.2, 0.25) is 0 Å². The van der Waals surface area contributed by atoms with Crippen LogP contribution < -0.4 is 4.74 Å². The fourth-order valence-corrected chi connectivity index (χ4v) is 1.47. The molecule has 4 nitrogen and oxygen atoms in total. The summed E-state index contributed by atoms with van der Waals surface area (Å²) in [6.45, 7) is 0.483. The van der Waals surface area contributed by atoms with Gasteiger partial charge in [0.25, 0.3) is 0 Å². The Morgan fingerprint density at radius 3 is 2.79 bits per heavy atom. The van der Waals surface area contributed by atoms with Crippen LogP contribution in [0, 0.1) is 0 Å². The number of ether oxygens (including phenoxy) is 1. The molecular weight excluding hydrogens is 266 g/mol. The number of hydrogen-bond donors (Lipinski definition) is 1. The first-order valence-electron chi connectivity index (χ1n) is 5.95. The highest BCUT2D eigenvalue weighted by molar-refractivity contribution is 6.17. The van der Waals surface area contributed by atoms with Crippen molar-refractivity contribution < 1.29 is 14.6 Å². The number of hydrogen-bond acceptors (Lipinski definition) is 4.